The quantitative estimate of drug-likeness (QED) is 0.308. The lowest BCUT2D eigenvalue weighted by atomic mass is 10.1. The molecule has 0 aliphatic rings. The van der Waals surface area contributed by atoms with Gasteiger partial charge in [0.2, 0.25) is 0 Å². The van der Waals surface area contributed by atoms with Crippen molar-refractivity contribution in [1.29, 1.82) is 0 Å². The summed E-state index contributed by atoms with van der Waals surface area (Å²) in [5.41, 5.74) is 2.07. The van der Waals surface area contributed by atoms with E-state index in [-0.39, 0.29) is 0 Å². The smallest absolute Gasteiger partial charge is 0.382 e. The topological polar surface area (TPSA) is 112 Å². The highest BCUT2D eigenvalue weighted by atomic mass is 35.5. The first-order chi connectivity index (χ1) is 13.2. The predicted octanol–water partition coefficient (Wildman–Crippen LogP) is 4.09. The van der Waals surface area contributed by atoms with Crippen LogP contribution in [0.3, 0.4) is 0 Å². The van der Waals surface area contributed by atoms with E-state index >= 15 is 0 Å². The van der Waals surface area contributed by atoms with Crippen LogP contribution in [0.15, 0.2) is 30.5 Å². The molecule has 3 N–H and O–H groups in total. The van der Waals surface area contributed by atoms with Crippen LogP contribution in [0.2, 0.25) is 5.02 Å². The number of hydrogen-bond donors (Lipinski definition) is 3. The van der Waals surface area contributed by atoms with Crippen molar-refractivity contribution in [3.05, 3.63) is 35.5 Å². The van der Waals surface area contributed by atoms with Gasteiger partial charge in [-0.15, -0.1) is 0 Å². The van der Waals surface area contributed by atoms with Crippen molar-refractivity contribution in [3.63, 3.8) is 0 Å². The molecule has 0 aliphatic heterocycles. The third-order valence-electron chi connectivity index (χ3n) is 4.21. The summed E-state index contributed by atoms with van der Waals surface area (Å²) in [4.78, 5) is 6.86. The van der Waals surface area contributed by atoms with Crippen molar-refractivity contribution >= 4 is 38.6 Å². The number of fused-ring (bicyclic) bond motifs is 1. The molecule has 0 radical (unpaired) electrons. The molecule has 1 heterocycles. The van der Waals surface area contributed by atoms with E-state index < -0.39 is 10.4 Å². The molecule has 1 aromatic carbocycles. The zero-order valence-electron chi connectivity index (χ0n) is 16.3. The molecule has 2 aromatic rings. The minimum absolute atomic E-state index is 0.442. The maximum Gasteiger partial charge on any atom is 0.423 e. The fourth-order valence-electron chi connectivity index (χ4n) is 2.75. The van der Waals surface area contributed by atoms with Crippen LogP contribution >= 0.6 is 11.6 Å². The van der Waals surface area contributed by atoms with E-state index in [1.807, 2.05) is 30.5 Å². The van der Waals surface area contributed by atoms with Gasteiger partial charge in [-0.25, -0.2) is 5.26 Å². The summed E-state index contributed by atoms with van der Waals surface area (Å²) in [5.74, 6) is 0. The van der Waals surface area contributed by atoms with Gasteiger partial charge in [0.25, 0.3) is 0 Å². The Morgan fingerprint density at radius 3 is 2.50 bits per heavy atom. The molecule has 0 fully saturated rings. The molecule has 1 unspecified atom stereocenters. The first-order valence-corrected chi connectivity index (χ1v) is 10.8. The Morgan fingerprint density at radius 1 is 1.29 bits per heavy atom. The van der Waals surface area contributed by atoms with Crippen LogP contribution < -0.4 is 5.32 Å². The summed E-state index contributed by atoms with van der Waals surface area (Å²) in [6.45, 7) is 10.1. The largest absolute Gasteiger partial charge is 0.423 e. The highest BCUT2D eigenvalue weighted by molar-refractivity contribution is 7.80. The summed E-state index contributed by atoms with van der Waals surface area (Å²) in [6.07, 6.45) is 4.21. The van der Waals surface area contributed by atoms with Gasteiger partial charge in [-0.05, 0) is 63.7 Å². The summed E-state index contributed by atoms with van der Waals surface area (Å²) in [7, 11) is -4.61. The van der Waals surface area contributed by atoms with Crippen LogP contribution in [-0.2, 0) is 14.7 Å². The van der Waals surface area contributed by atoms with Crippen LogP contribution in [0.5, 0.6) is 0 Å². The van der Waals surface area contributed by atoms with Crippen LogP contribution in [0.25, 0.3) is 10.9 Å². The number of nitrogens with one attached hydrogen (secondary N) is 1. The van der Waals surface area contributed by atoms with Gasteiger partial charge in [0.15, 0.2) is 0 Å². The Labute approximate surface area is 171 Å². The molecule has 8 nitrogen and oxygen atoms in total. The number of anilines is 1. The van der Waals surface area contributed by atoms with Gasteiger partial charge in [-0.3, -0.25) is 9.54 Å². The lowest BCUT2D eigenvalue weighted by molar-refractivity contribution is -0.139. The van der Waals surface area contributed by atoms with Gasteiger partial charge in [0.05, 0.1) is 5.52 Å². The van der Waals surface area contributed by atoms with Gasteiger partial charge < -0.3 is 10.2 Å². The van der Waals surface area contributed by atoms with E-state index in [1.165, 1.54) is 13.0 Å². The molecule has 0 aliphatic carbocycles. The van der Waals surface area contributed by atoms with E-state index in [2.05, 4.69) is 40.3 Å². The third kappa shape index (κ3) is 9.13. The number of halogens is 1. The summed E-state index contributed by atoms with van der Waals surface area (Å²) < 4.78 is 28.0. The molecule has 1 atom stereocenters. The van der Waals surface area contributed by atoms with E-state index in [0.29, 0.717) is 6.04 Å². The minimum atomic E-state index is -4.61. The SMILES string of the molecule is CCN(CC)CCCC(C)Nc1ccnc2cc(Cl)ccc12.O=S(=O)(O)OO. The van der Waals surface area contributed by atoms with Gasteiger partial charge in [0.1, 0.15) is 0 Å². The second kappa shape index (κ2) is 12.2. The molecule has 0 amide bonds. The molecule has 0 saturated carbocycles. The zero-order valence-corrected chi connectivity index (χ0v) is 17.9. The van der Waals surface area contributed by atoms with Crippen molar-refractivity contribution in [3.8, 4) is 0 Å². The number of hydrogen-bond acceptors (Lipinski definition) is 7. The Bertz CT molecular complexity index is 831. The zero-order chi connectivity index (χ0) is 21.2. The molecular weight excluding hydrogens is 406 g/mol. The Balaban J connectivity index is 0.000000568. The molecule has 1 aromatic heterocycles. The summed E-state index contributed by atoms with van der Waals surface area (Å²) >= 11 is 6.04. The molecule has 28 heavy (non-hydrogen) atoms. The Morgan fingerprint density at radius 2 is 1.93 bits per heavy atom. The molecular formula is C18H28ClN3O5S. The van der Waals surface area contributed by atoms with Gasteiger partial charge >= 0.3 is 10.4 Å². The van der Waals surface area contributed by atoms with Crippen LogP contribution in [0.1, 0.15) is 33.6 Å². The first-order valence-electron chi connectivity index (χ1n) is 9.03. The standard InChI is InChI=1S/C18H26ClN3.H2O5S/c1-4-22(5-2)12-6-7-14(3)21-17-10-11-20-18-13-15(19)8-9-16(17)18;1-5-6(2,3)4/h8-11,13-14H,4-7,12H2,1-3H3,(H,20,21);1H,(H,2,3,4). The molecule has 0 saturated heterocycles. The van der Waals surface area contributed by atoms with Crippen molar-refractivity contribution < 1.29 is 22.6 Å². The second-order valence-electron chi connectivity index (χ2n) is 6.24. The van der Waals surface area contributed by atoms with E-state index in [1.54, 1.807) is 0 Å². The predicted molar refractivity (Wildman–Crippen MR) is 112 cm³/mol. The third-order valence-corrected chi connectivity index (χ3v) is 4.63. The van der Waals surface area contributed by atoms with Gasteiger partial charge in [-0.2, -0.15) is 8.42 Å². The maximum atomic E-state index is 9.08. The number of nitrogens with zero attached hydrogens (tertiary/aromatic N) is 2. The minimum Gasteiger partial charge on any atom is -0.382 e. The average Bonchev–Trinajstić information content (AvgIpc) is 2.65. The van der Waals surface area contributed by atoms with Crippen molar-refractivity contribution in [2.24, 2.45) is 0 Å². The number of pyridine rings is 1. The van der Waals surface area contributed by atoms with Crippen LogP contribution in [0.4, 0.5) is 5.69 Å². The lowest BCUT2D eigenvalue weighted by Gasteiger charge is -2.20. The van der Waals surface area contributed by atoms with Gasteiger partial charge in [0, 0.05) is 28.3 Å². The molecule has 10 heteroatoms. The number of benzene rings is 1. The van der Waals surface area contributed by atoms with Crippen LogP contribution in [0, 0.1) is 0 Å². The van der Waals surface area contributed by atoms with Crippen molar-refractivity contribution in [2.75, 3.05) is 25.0 Å². The van der Waals surface area contributed by atoms with Crippen molar-refractivity contribution in [2.45, 2.75) is 39.7 Å². The van der Waals surface area contributed by atoms with Gasteiger partial charge in [-0.1, -0.05) is 29.8 Å². The highest BCUT2D eigenvalue weighted by Crippen LogP contribution is 2.25. The van der Waals surface area contributed by atoms with E-state index in [4.69, 9.17) is 29.8 Å². The molecule has 2 rings (SSSR count). The first kappa shape index (κ1) is 24.5. The molecule has 0 spiro atoms. The maximum absolute atomic E-state index is 9.08. The second-order valence-corrected chi connectivity index (χ2v) is 7.68. The lowest BCUT2D eigenvalue weighted by Crippen LogP contribution is -2.25. The molecule has 158 valence electrons. The monoisotopic (exact) mass is 433 g/mol. The Hall–Kier alpha value is -1.49. The highest BCUT2D eigenvalue weighted by Gasteiger charge is 2.07. The number of aromatic nitrogens is 1. The molecule has 0 bridgehead atoms. The summed E-state index contributed by atoms with van der Waals surface area (Å²) in [6, 6.07) is 8.35. The average molecular weight is 434 g/mol. The van der Waals surface area contributed by atoms with Crippen molar-refractivity contribution in [1.82, 2.24) is 9.88 Å². The van der Waals surface area contributed by atoms with E-state index in [0.717, 1.165) is 41.1 Å². The van der Waals surface area contributed by atoms with Crippen LogP contribution in [-0.4, -0.2) is 53.8 Å². The number of rotatable bonds is 9. The Kier molecular flexibility index (Phi) is 10.7. The summed E-state index contributed by atoms with van der Waals surface area (Å²) in [5, 5.41) is 12.5. The fraction of sp³-hybridized carbons (Fsp3) is 0.500. The van der Waals surface area contributed by atoms with E-state index in [9.17, 15) is 0 Å². The fourth-order valence-corrected chi connectivity index (χ4v) is 2.91. The normalized spacial score (nSPS) is 12.5.